The Bertz CT molecular complexity index is 1390. The van der Waals surface area contributed by atoms with E-state index in [1.807, 2.05) is 31.7 Å². The van der Waals surface area contributed by atoms with Crippen molar-refractivity contribution in [2.24, 2.45) is 0 Å². The number of halogens is 1. The molecule has 1 amide bonds. The fourth-order valence-corrected chi connectivity index (χ4v) is 5.30. The van der Waals surface area contributed by atoms with Gasteiger partial charge in [0.1, 0.15) is 17.2 Å². The molecule has 1 saturated heterocycles. The normalized spacial score (nSPS) is 17.1. The first-order valence-corrected chi connectivity index (χ1v) is 14.2. The maximum absolute atomic E-state index is 15.4. The summed E-state index contributed by atoms with van der Waals surface area (Å²) in [7, 11) is 3.03. The summed E-state index contributed by atoms with van der Waals surface area (Å²) in [6, 6.07) is 10.3. The van der Waals surface area contributed by atoms with Crippen molar-refractivity contribution in [2.75, 3.05) is 39.0 Å². The maximum Gasteiger partial charge on any atom is 0.410 e. The van der Waals surface area contributed by atoms with E-state index in [-0.39, 0.29) is 25.0 Å². The smallest absolute Gasteiger partial charge is 0.410 e. The molecule has 2 aliphatic rings. The van der Waals surface area contributed by atoms with Gasteiger partial charge in [0.25, 0.3) is 0 Å². The quantitative estimate of drug-likeness (QED) is 0.296. The first-order valence-electron chi connectivity index (χ1n) is 14.2. The number of hydrogen-bond donors (Lipinski definition) is 0. The molecule has 0 spiro atoms. The lowest BCUT2D eigenvalue weighted by molar-refractivity contribution is -0.00351. The average molecular weight is 580 g/mol. The monoisotopic (exact) mass is 579 g/mol. The van der Waals surface area contributed by atoms with Crippen molar-refractivity contribution in [2.45, 2.75) is 64.1 Å². The van der Waals surface area contributed by atoms with Crippen LogP contribution in [0.3, 0.4) is 0 Å². The number of anilines is 1. The molecule has 11 heteroatoms. The molecule has 10 nitrogen and oxygen atoms in total. The minimum atomic E-state index is -0.548. The number of carbonyl (C=O) groups is 1. The van der Waals surface area contributed by atoms with E-state index in [9.17, 15) is 4.79 Å². The van der Waals surface area contributed by atoms with Crippen molar-refractivity contribution in [3.63, 3.8) is 0 Å². The van der Waals surface area contributed by atoms with Gasteiger partial charge in [-0.15, -0.1) is 10.2 Å². The van der Waals surface area contributed by atoms with Crippen molar-refractivity contribution in [1.29, 1.82) is 0 Å². The van der Waals surface area contributed by atoms with Gasteiger partial charge in [-0.3, -0.25) is 0 Å². The highest BCUT2D eigenvalue weighted by Crippen LogP contribution is 2.37. The zero-order valence-electron chi connectivity index (χ0n) is 24.8. The summed E-state index contributed by atoms with van der Waals surface area (Å²) in [4.78, 5) is 21.3. The number of rotatable bonds is 9. The van der Waals surface area contributed by atoms with Crippen LogP contribution in [-0.4, -0.2) is 78.0 Å². The van der Waals surface area contributed by atoms with Gasteiger partial charge in [-0.05, 0) is 82.3 Å². The van der Waals surface area contributed by atoms with E-state index in [4.69, 9.17) is 18.9 Å². The minimum absolute atomic E-state index is 0.0203. The predicted molar refractivity (Wildman–Crippen MR) is 156 cm³/mol. The first-order chi connectivity index (χ1) is 20.2. The van der Waals surface area contributed by atoms with E-state index in [2.05, 4.69) is 20.1 Å². The second-order valence-electron chi connectivity index (χ2n) is 11.6. The number of hydrogen-bond acceptors (Lipinski definition) is 9. The maximum atomic E-state index is 15.4. The van der Waals surface area contributed by atoms with Crippen LogP contribution < -0.4 is 14.4 Å². The molecule has 3 aromatic rings. The fraction of sp³-hybridized carbons (Fsp3) is 0.484. The van der Waals surface area contributed by atoms with Crippen LogP contribution in [0.15, 0.2) is 42.6 Å². The highest BCUT2D eigenvalue weighted by molar-refractivity contribution is 5.75. The van der Waals surface area contributed by atoms with E-state index in [0.717, 1.165) is 32.2 Å². The van der Waals surface area contributed by atoms with Crippen molar-refractivity contribution in [3.05, 3.63) is 48.4 Å². The third-order valence-corrected chi connectivity index (χ3v) is 7.54. The van der Waals surface area contributed by atoms with Crippen LogP contribution in [0.1, 0.15) is 46.5 Å². The summed E-state index contributed by atoms with van der Waals surface area (Å²) < 4.78 is 37.3. The van der Waals surface area contributed by atoms with Crippen molar-refractivity contribution in [3.8, 4) is 34.0 Å². The Morgan fingerprint density at radius 3 is 2.50 bits per heavy atom. The van der Waals surface area contributed by atoms with Gasteiger partial charge in [0, 0.05) is 49.6 Å². The Hall–Kier alpha value is -3.99. The molecule has 1 aliphatic carbocycles. The lowest BCUT2D eigenvalue weighted by Crippen LogP contribution is -2.52. The number of methoxy groups -OCH3 is 2. The largest absolute Gasteiger partial charge is 0.481 e. The summed E-state index contributed by atoms with van der Waals surface area (Å²) in [6.45, 7) is 7.04. The Balaban J connectivity index is 1.36. The molecular formula is C31H38FN5O5. The zero-order valence-corrected chi connectivity index (χ0v) is 24.8. The Kier molecular flexibility index (Phi) is 8.77. The van der Waals surface area contributed by atoms with Crippen LogP contribution in [0.4, 0.5) is 15.0 Å². The van der Waals surface area contributed by atoms with E-state index < -0.39 is 11.4 Å². The molecule has 2 fully saturated rings. The number of ether oxygens (including phenoxy) is 4. The zero-order chi connectivity index (χ0) is 29.9. The summed E-state index contributed by atoms with van der Waals surface area (Å²) in [6.07, 6.45) is 5.26. The second kappa shape index (κ2) is 12.5. The highest BCUT2D eigenvalue weighted by Gasteiger charge is 2.40. The molecule has 0 bridgehead atoms. The Labute approximate surface area is 245 Å². The average Bonchev–Trinajstić information content (AvgIpc) is 3.43. The molecule has 2 aromatic heterocycles. The van der Waals surface area contributed by atoms with Gasteiger partial charge in [-0.2, -0.15) is 0 Å². The minimum Gasteiger partial charge on any atom is -0.481 e. The number of nitrogens with zero attached hydrogens (tertiary/aromatic N) is 5. The molecule has 0 radical (unpaired) electrons. The van der Waals surface area contributed by atoms with Crippen LogP contribution in [0.5, 0.6) is 11.6 Å². The number of aromatic nitrogens is 3. The van der Waals surface area contributed by atoms with Crippen molar-refractivity contribution in [1.82, 2.24) is 20.1 Å². The van der Waals surface area contributed by atoms with Gasteiger partial charge >= 0.3 is 6.09 Å². The molecule has 1 saturated carbocycles. The van der Waals surface area contributed by atoms with Gasteiger partial charge in [0.05, 0.1) is 18.8 Å². The number of amides is 1. The third-order valence-electron chi connectivity index (χ3n) is 7.54. The Morgan fingerprint density at radius 1 is 1.05 bits per heavy atom. The second-order valence-corrected chi connectivity index (χ2v) is 11.6. The van der Waals surface area contributed by atoms with Gasteiger partial charge in [-0.25, -0.2) is 14.2 Å². The summed E-state index contributed by atoms with van der Waals surface area (Å²) >= 11 is 0. The predicted octanol–water partition coefficient (Wildman–Crippen LogP) is 5.70. The summed E-state index contributed by atoms with van der Waals surface area (Å²) in [5, 5.41) is 8.91. The molecule has 224 valence electrons. The summed E-state index contributed by atoms with van der Waals surface area (Å²) in [5.41, 5.74) is 1.30. The molecule has 0 unspecified atom stereocenters. The molecule has 0 N–H and O–H groups in total. The standard InChI is InChI=1S/C31H38FN5O5/c1-31(2,3)42-30(38)37(21-7-6-8-21)22-12-14-36(18-22)28-10-9-26(34-35-28)24-16-25(32)23(17-27(24)41-19-39-4)20-11-13-33-29(15-20)40-5/h9-11,13,15-17,21-22H,6-8,12,14,18-19H2,1-5H3/t22-/m0/s1. The van der Waals surface area contributed by atoms with Crippen LogP contribution in [0, 0.1) is 5.82 Å². The molecule has 5 rings (SSSR count). The topological polar surface area (TPSA) is 99.1 Å². The highest BCUT2D eigenvalue weighted by atomic mass is 19.1. The van der Waals surface area contributed by atoms with Gasteiger partial charge < -0.3 is 28.7 Å². The van der Waals surface area contributed by atoms with Gasteiger partial charge in [-0.1, -0.05) is 0 Å². The SMILES string of the molecule is COCOc1cc(-c2ccnc(OC)c2)c(F)cc1-c1ccc(N2CC[C@H](N(C(=O)OC(C)(C)C)C3CCC3)C2)nn1. The number of benzene rings is 1. The van der Waals surface area contributed by atoms with Crippen LogP contribution in [-0.2, 0) is 9.47 Å². The van der Waals surface area contributed by atoms with Crippen LogP contribution in [0.2, 0.25) is 0 Å². The Morgan fingerprint density at radius 2 is 1.86 bits per heavy atom. The number of carbonyl (C=O) groups excluding carboxylic acids is 1. The molecule has 1 aliphatic heterocycles. The fourth-order valence-electron chi connectivity index (χ4n) is 5.30. The van der Waals surface area contributed by atoms with Crippen molar-refractivity contribution >= 4 is 11.9 Å². The van der Waals surface area contributed by atoms with Crippen LogP contribution in [0.25, 0.3) is 22.4 Å². The van der Waals surface area contributed by atoms with E-state index in [1.165, 1.54) is 20.3 Å². The lowest BCUT2D eigenvalue weighted by Gasteiger charge is -2.41. The number of pyridine rings is 1. The molecule has 42 heavy (non-hydrogen) atoms. The molecule has 1 aromatic carbocycles. The molecule has 1 atom stereocenters. The summed E-state index contributed by atoms with van der Waals surface area (Å²) in [5.74, 6) is 1.03. The van der Waals surface area contributed by atoms with Crippen molar-refractivity contribution < 1.29 is 28.1 Å². The third kappa shape index (κ3) is 6.56. The van der Waals surface area contributed by atoms with Gasteiger partial charge in [0.2, 0.25) is 5.88 Å². The lowest BCUT2D eigenvalue weighted by atomic mass is 9.90. The molecular weight excluding hydrogens is 541 g/mol. The van der Waals surface area contributed by atoms with Gasteiger partial charge in [0.15, 0.2) is 12.6 Å². The van der Waals surface area contributed by atoms with Crippen LogP contribution >= 0.6 is 0 Å². The van der Waals surface area contributed by atoms with E-state index in [1.54, 1.807) is 30.5 Å². The molecule has 3 heterocycles. The van der Waals surface area contributed by atoms with E-state index in [0.29, 0.717) is 46.4 Å². The first kappa shape index (κ1) is 29.5. The van der Waals surface area contributed by atoms with E-state index >= 15 is 4.39 Å².